The first-order valence-corrected chi connectivity index (χ1v) is 6.48. The van der Waals surface area contributed by atoms with E-state index in [1.165, 1.54) is 11.1 Å². The lowest BCUT2D eigenvalue weighted by molar-refractivity contribution is 0.407. The molecule has 1 atom stereocenters. The highest BCUT2D eigenvalue weighted by molar-refractivity contribution is 5.39. The Morgan fingerprint density at radius 3 is 2.47 bits per heavy atom. The Morgan fingerprint density at radius 1 is 1.24 bits per heavy atom. The Balaban J connectivity index is 2.78. The zero-order chi connectivity index (χ0) is 12.8. The standard InChI is InChI=1S/C15H25NO/c1-6-12(4)16-10-13-7-8-15(17-5)14(9-13)11(2)3/h7-9,11-12,16H,6,10H2,1-5H3. The van der Waals surface area contributed by atoms with Gasteiger partial charge in [0.05, 0.1) is 7.11 Å². The number of nitrogens with one attached hydrogen (secondary N) is 1. The fraction of sp³-hybridized carbons (Fsp3) is 0.600. The topological polar surface area (TPSA) is 21.3 Å². The van der Waals surface area contributed by atoms with Gasteiger partial charge in [-0.2, -0.15) is 0 Å². The maximum Gasteiger partial charge on any atom is 0.122 e. The molecule has 17 heavy (non-hydrogen) atoms. The van der Waals surface area contributed by atoms with Crippen LogP contribution in [0.2, 0.25) is 0 Å². The first-order chi connectivity index (χ1) is 8.08. The van der Waals surface area contributed by atoms with Crippen molar-refractivity contribution in [3.05, 3.63) is 29.3 Å². The van der Waals surface area contributed by atoms with Crippen LogP contribution in [-0.4, -0.2) is 13.2 Å². The molecular formula is C15H25NO. The number of ether oxygens (including phenoxy) is 1. The van der Waals surface area contributed by atoms with Gasteiger partial charge in [-0.05, 0) is 36.5 Å². The van der Waals surface area contributed by atoms with Crippen LogP contribution in [0.25, 0.3) is 0 Å². The molecule has 0 aromatic heterocycles. The summed E-state index contributed by atoms with van der Waals surface area (Å²) in [5.74, 6) is 1.49. The predicted molar refractivity (Wildman–Crippen MR) is 73.7 cm³/mol. The van der Waals surface area contributed by atoms with Gasteiger partial charge in [0.25, 0.3) is 0 Å². The summed E-state index contributed by atoms with van der Waals surface area (Å²) in [5.41, 5.74) is 2.62. The van der Waals surface area contributed by atoms with Crippen molar-refractivity contribution in [1.29, 1.82) is 0 Å². The molecule has 0 saturated heterocycles. The molecule has 1 aromatic carbocycles. The van der Waals surface area contributed by atoms with Crippen molar-refractivity contribution >= 4 is 0 Å². The van der Waals surface area contributed by atoms with Crippen molar-refractivity contribution in [1.82, 2.24) is 5.32 Å². The summed E-state index contributed by atoms with van der Waals surface area (Å²) in [6.07, 6.45) is 1.16. The minimum atomic E-state index is 0.494. The van der Waals surface area contributed by atoms with E-state index in [4.69, 9.17) is 4.74 Å². The summed E-state index contributed by atoms with van der Waals surface area (Å²) < 4.78 is 5.39. The minimum Gasteiger partial charge on any atom is -0.496 e. The molecule has 0 bridgehead atoms. The van der Waals surface area contributed by atoms with Crippen molar-refractivity contribution in [3.8, 4) is 5.75 Å². The smallest absolute Gasteiger partial charge is 0.122 e. The molecule has 96 valence electrons. The Hall–Kier alpha value is -1.02. The number of hydrogen-bond donors (Lipinski definition) is 1. The van der Waals surface area contributed by atoms with Crippen LogP contribution in [0.3, 0.4) is 0 Å². The summed E-state index contributed by atoms with van der Waals surface area (Å²) in [5, 5.41) is 3.51. The second-order valence-electron chi connectivity index (χ2n) is 4.92. The molecule has 0 spiro atoms. The maximum atomic E-state index is 5.39. The molecule has 1 aromatic rings. The van der Waals surface area contributed by atoms with Gasteiger partial charge in [0.1, 0.15) is 5.75 Å². The van der Waals surface area contributed by atoms with E-state index in [0.29, 0.717) is 12.0 Å². The Bertz CT molecular complexity index is 347. The molecule has 0 aliphatic carbocycles. The van der Waals surface area contributed by atoms with Crippen LogP contribution in [0.15, 0.2) is 18.2 Å². The maximum absolute atomic E-state index is 5.39. The third kappa shape index (κ3) is 4.04. The Labute approximate surface area is 105 Å². The van der Waals surface area contributed by atoms with Gasteiger partial charge in [0.15, 0.2) is 0 Å². The SMILES string of the molecule is CCC(C)NCc1ccc(OC)c(C(C)C)c1. The Kier molecular flexibility index (Phi) is 5.49. The molecule has 1 unspecified atom stereocenters. The van der Waals surface area contributed by atoms with E-state index in [2.05, 4.69) is 51.2 Å². The first-order valence-electron chi connectivity index (χ1n) is 6.48. The summed E-state index contributed by atoms with van der Waals surface area (Å²) in [6, 6.07) is 7.03. The lowest BCUT2D eigenvalue weighted by atomic mass is 9.99. The van der Waals surface area contributed by atoms with Crippen molar-refractivity contribution < 1.29 is 4.74 Å². The molecule has 0 heterocycles. The molecule has 1 N–H and O–H groups in total. The van der Waals surface area contributed by atoms with Gasteiger partial charge in [-0.25, -0.2) is 0 Å². The van der Waals surface area contributed by atoms with Gasteiger partial charge in [-0.1, -0.05) is 32.9 Å². The van der Waals surface area contributed by atoms with E-state index in [1.54, 1.807) is 7.11 Å². The van der Waals surface area contributed by atoms with Gasteiger partial charge >= 0.3 is 0 Å². The molecule has 0 radical (unpaired) electrons. The molecule has 0 amide bonds. The van der Waals surface area contributed by atoms with Crippen LogP contribution in [0.1, 0.15) is 51.2 Å². The van der Waals surface area contributed by atoms with Crippen LogP contribution in [0.5, 0.6) is 5.75 Å². The molecular weight excluding hydrogens is 210 g/mol. The average molecular weight is 235 g/mol. The quantitative estimate of drug-likeness (QED) is 0.811. The van der Waals surface area contributed by atoms with Crippen molar-refractivity contribution in [2.24, 2.45) is 0 Å². The summed E-state index contributed by atoms with van der Waals surface area (Å²) >= 11 is 0. The molecule has 1 rings (SSSR count). The zero-order valence-electron chi connectivity index (χ0n) is 11.7. The largest absolute Gasteiger partial charge is 0.496 e. The second-order valence-corrected chi connectivity index (χ2v) is 4.92. The van der Waals surface area contributed by atoms with Crippen LogP contribution >= 0.6 is 0 Å². The lowest BCUT2D eigenvalue weighted by Gasteiger charge is -2.15. The number of rotatable bonds is 6. The number of hydrogen-bond acceptors (Lipinski definition) is 2. The van der Waals surface area contributed by atoms with E-state index in [-0.39, 0.29) is 0 Å². The average Bonchev–Trinajstić information content (AvgIpc) is 2.35. The second kappa shape index (κ2) is 6.65. The molecule has 0 saturated carbocycles. The van der Waals surface area contributed by atoms with Crippen molar-refractivity contribution in [2.75, 3.05) is 7.11 Å². The van der Waals surface area contributed by atoms with Gasteiger partial charge in [0.2, 0.25) is 0 Å². The summed E-state index contributed by atoms with van der Waals surface area (Å²) in [7, 11) is 1.73. The van der Waals surface area contributed by atoms with E-state index in [0.717, 1.165) is 18.7 Å². The normalized spacial score (nSPS) is 12.8. The zero-order valence-corrected chi connectivity index (χ0v) is 11.7. The molecule has 2 nitrogen and oxygen atoms in total. The van der Waals surface area contributed by atoms with E-state index < -0.39 is 0 Å². The van der Waals surface area contributed by atoms with Crippen LogP contribution in [0.4, 0.5) is 0 Å². The summed E-state index contributed by atoms with van der Waals surface area (Å²) in [4.78, 5) is 0. The lowest BCUT2D eigenvalue weighted by Crippen LogP contribution is -2.24. The fourth-order valence-electron chi connectivity index (χ4n) is 1.78. The first kappa shape index (κ1) is 14.0. The third-order valence-corrected chi connectivity index (χ3v) is 3.18. The highest BCUT2D eigenvalue weighted by atomic mass is 16.5. The van der Waals surface area contributed by atoms with Gasteiger partial charge in [0, 0.05) is 12.6 Å². The van der Waals surface area contributed by atoms with E-state index in [9.17, 15) is 0 Å². The highest BCUT2D eigenvalue weighted by Crippen LogP contribution is 2.27. The third-order valence-electron chi connectivity index (χ3n) is 3.18. The van der Waals surface area contributed by atoms with Gasteiger partial charge < -0.3 is 10.1 Å². The molecule has 2 heteroatoms. The summed E-state index contributed by atoms with van der Waals surface area (Å²) in [6.45, 7) is 9.74. The number of benzene rings is 1. The molecule has 0 aliphatic rings. The highest BCUT2D eigenvalue weighted by Gasteiger charge is 2.08. The van der Waals surface area contributed by atoms with Crippen LogP contribution in [-0.2, 0) is 6.54 Å². The Morgan fingerprint density at radius 2 is 1.94 bits per heavy atom. The van der Waals surface area contributed by atoms with E-state index >= 15 is 0 Å². The van der Waals surface area contributed by atoms with Crippen LogP contribution < -0.4 is 10.1 Å². The van der Waals surface area contributed by atoms with Crippen LogP contribution in [0, 0.1) is 0 Å². The fourth-order valence-corrected chi connectivity index (χ4v) is 1.78. The minimum absolute atomic E-state index is 0.494. The van der Waals surface area contributed by atoms with Gasteiger partial charge in [-0.3, -0.25) is 0 Å². The van der Waals surface area contributed by atoms with E-state index in [1.807, 2.05) is 0 Å². The monoisotopic (exact) mass is 235 g/mol. The molecule has 0 fully saturated rings. The van der Waals surface area contributed by atoms with Gasteiger partial charge in [-0.15, -0.1) is 0 Å². The van der Waals surface area contributed by atoms with Crippen molar-refractivity contribution in [2.45, 2.75) is 52.6 Å². The van der Waals surface area contributed by atoms with Crippen molar-refractivity contribution in [3.63, 3.8) is 0 Å². The predicted octanol–water partition coefficient (Wildman–Crippen LogP) is 3.71. The number of methoxy groups -OCH3 is 1. The molecule has 0 aliphatic heterocycles.